The van der Waals surface area contributed by atoms with Gasteiger partial charge in [-0.05, 0) is 31.4 Å². The highest BCUT2D eigenvalue weighted by atomic mass is 16.2. The number of pyridine rings is 1. The Labute approximate surface area is 125 Å². The Balaban J connectivity index is 2.26. The van der Waals surface area contributed by atoms with Gasteiger partial charge in [-0.1, -0.05) is 19.4 Å². The van der Waals surface area contributed by atoms with Crippen LogP contribution in [0.4, 0.5) is 0 Å². The van der Waals surface area contributed by atoms with Crippen LogP contribution in [0.5, 0.6) is 0 Å². The minimum absolute atomic E-state index is 0.231. The number of hydrogen-bond acceptors (Lipinski definition) is 4. The van der Waals surface area contributed by atoms with Crippen molar-refractivity contribution in [3.8, 4) is 0 Å². The largest absolute Gasteiger partial charge is 0.352 e. The predicted octanol–water partition coefficient (Wildman–Crippen LogP) is 1.77. The van der Waals surface area contributed by atoms with E-state index in [1.807, 2.05) is 13.0 Å². The smallest absolute Gasteiger partial charge is 0.249 e. The molecule has 1 aromatic heterocycles. The lowest BCUT2D eigenvalue weighted by Gasteiger charge is -2.05. The number of amides is 2. The molecular formula is C15H22N4O2. The van der Waals surface area contributed by atoms with Crippen LogP contribution < -0.4 is 10.7 Å². The van der Waals surface area contributed by atoms with Gasteiger partial charge in [0.25, 0.3) is 0 Å². The highest BCUT2D eigenvalue weighted by Gasteiger charge is 2.08. The standard InChI is InChI=1S/C15H22N4O2/c1-3-4-6-12(2)18-19-15(21)9-14(20)17-11-13-7-5-8-16-10-13/h5,7-8,10H,3-4,6,9,11H2,1-2H3,(H,17,20)(H,19,21)/b18-12+. The summed E-state index contributed by atoms with van der Waals surface area (Å²) in [7, 11) is 0. The van der Waals surface area contributed by atoms with E-state index in [2.05, 4.69) is 27.8 Å². The van der Waals surface area contributed by atoms with Crippen molar-refractivity contribution < 1.29 is 9.59 Å². The van der Waals surface area contributed by atoms with Gasteiger partial charge >= 0.3 is 0 Å². The lowest BCUT2D eigenvalue weighted by molar-refractivity contribution is -0.129. The molecule has 0 saturated carbocycles. The van der Waals surface area contributed by atoms with Crippen LogP contribution in [0.25, 0.3) is 0 Å². The minimum atomic E-state index is -0.408. The maximum absolute atomic E-state index is 11.6. The third-order valence-electron chi connectivity index (χ3n) is 2.80. The second kappa shape index (κ2) is 9.63. The van der Waals surface area contributed by atoms with Gasteiger partial charge in [0.2, 0.25) is 11.8 Å². The average molecular weight is 290 g/mol. The molecule has 0 bridgehead atoms. The quantitative estimate of drug-likeness (QED) is 0.435. The van der Waals surface area contributed by atoms with E-state index in [4.69, 9.17) is 0 Å². The average Bonchev–Trinajstić information content (AvgIpc) is 2.50. The molecule has 0 aromatic carbocycles. The van der Waals surface area contributed by atoms with Crippen LogP contribution in [0, 0.1) is 0 Å². The molecule has 1 rings (SSSR count). The molecule has 0 fully saturated rings. The van der Waals surface area contributed by atoms with Gasteiger partial charge in [0.15, 0.2) is 0 Å². The highest BCUT2D eigenvalue weighted by molar-refractivity contribution is 5.97. The first kappa shape index (κ1) is 16.8. The van der Waals surface area contributed by atoms with Gasteiger partial charge in [-0.25, -0.2) is 5.43 Å². The topological polar surface area (TPSA) is 83.5 Å². The summed E-state index contributed by atoms with van der Waals surface area (Å²) in [6.45, 7) is 4.32. The van der Waals surface area contributed by atoms with Crippen molar-refractivity contribution in [1.82, 2.24) is 15.7 Å². The number of nitrogens with one attached hydrogen (secondary N) is 2. The van der Waals surface area contributed by atoms with Gasteiger partial charge in [-0.15, -0.1) is 0 Å². The van der Waals surface area contributed by atoms with E-state index in [0.717, 1.165) is 30.5 Å². The highest BCUT2D eigenvalue weighted by Crippen LogP contribution is 1.96. The zero-order chi connectivity index (χ0) is 15.5. The summed E-state index contributed by atoms with van der Waals surface area (Å²) in [6.07, 6.45) is 6.07. The Hall–Kier alpha value is -2.24. The fourth-order valence-corrected chi connectivity index (χ4v) is 1.60. The maximum Gasteiger partial charge on any atom is 0.249 e. The molecule has 0 saturated heterocycles. The van der Waals surface area contributed by atoms with Crippen LogP contribution in [0.2, 0.25) is 0 Å². The molecule has 0 aliphatic carbocycles. The number of unbranched alkanes of at least 4 members (excludes halogenated alkanes) is 1. The van der Waals surface area contributed by atoms with Gasteiger partial charge in [-0.2, -0.15) is 5.10 Å². The number of nitrogens with zero attached hydrogens (tertiary/aromatic N) is 2. The normalized spacial score (nSPS) is 11.0. The van der Waals surface area contributed by atoms with E-state index in [9.17, 15) is 9.59 Å². The van der Waals surface area contributed by atoms with Gasteiger partial charge in [0.1, 0.15) is 6.42 Å². The van der Waals surface area contributed by atoms with E-state index in [-0.39, 0.29) is 12.3 Å². The molecule has 114 valence electrons. The zero-order valence-corrected chi connectivity index (χ0v) is 12.6. The van der Waals surface area contributed by atoms with Gasteiger partial charge in [0.05, 0.1) is 0 Å². The summed E-state index contributed by atoms with van der Waals surface area (Å²) in [5.41, 5.74) is 4.15. The summed E-state index contributed by atoms with van der Waals surface area (Å²) in [5.74, 6) is -0.743. The van der Waals surface area contributed by atoms with E-state index in [1.54, 1.807) is 18.5 Å². The molecular weight excluding hydrogens is 268 g/mol. The molecule has 1 heterocycles. The van der Waals surface area contributed by atoms with E-state index < -0.39 is 5.91 Å². The molecule has 6 heteroatoms. The second-order valence-corrected chi connectivity index (χ2v) is 4.80. The summed E-state index contributed by atoms with van der Waals surface area (Å²) < 4.78 is 0. The first-order valence-corrected chi connectivity index (χ1v) is 7.09. The van der Waals surface area contributed by atoms with Crippen molar-refractivity contribution in [2.24, 2.45) is 5.10 Å². The summed E-state index contributed by atoms with van der Waals surface area (Å²) in [5, 5.41) is 6.62. The molecule has 21 heavy (non-hydrogen) atoms. The van der Waals surface area contributed by atoms with Crippen LogP contribution in [0.15, 0.2) is 29.6 Å². The van der Waals surface area contributed by atoms with E-state index >= 15 is 0 Å². The van der Waals surface area contributed by atoms with Crippen molar-refractivity contribution in [3.05, 3.63) is 30.1 Å². The number of rotatable bonds is 8. The number of carbonyl (C=O) groups excluding carboxylic acids is 2. The van der Waals surface area contributed by atoms with Gasteiger partial charge in [-0.3, -0.25) is 14.6 Å². The molecule has 0 aliphatic rings. The summed E-state index contributed by atoms with van der Waals surface area (Å²) in [6, 6.07) is 3.65. The Morgan fingerprint density at radius 2 is 2.14 bits per heavy atom. The lowest BCUT2D eigenvalue weighted by Crippen LogP contribution is -2.29. The molecule has 0 aliphatic heterocycles. The Kier molecular flexibility index (Phi) is 7.71. The van der Waals surface area contributed by atoms with Crippen LogP contribution in [0.1, 0.15) is 45.1 Å². The zero-order valence-electron chi connectivity index (χ0n) is 12.6. The van der Waals surface area contributed by atoms with Crippen molar-refractivity contribution in [2.75, 3.05) is 0 Å². The second-order valence-electron chi connectivity index (χ2n) is 4.80. The first-order chi connectivity index (χ1) is 10.1. The predicted molar refractivity (Wildman–Crippen MR) is 81.5 cm³/mol. The van der Waals surface area contributed by atoms with Crippen LogP contribution in [-0.4, -0.2) is 22.5 Å². The Bertz CT molecular complexity index is 486. The fraction of sp³-hybridized carbons (Fsp3) is 0.467. The summed E-state index contributed by atoms with van der Waals surface area (Å²) in [4.78, 5) is 27.1. The molecule has 0 spiro atoms. The molecule has 6 nitrogen and oxygen atoms in total. The third-order valence-corrected chi connectivity index (χ3v) is 2.80. The molecule has 2 N–H and O–H groups in total. The van der Waals surface area contributed by atoms with Crippen LogP contribution >= 0.6 is 0 Å². The minimum Gasteiger partial charge on any atom is -0.352 e. The van der Waals surface area contributed by atoms with Gasteiger partial charge in [0, 0.05) is 24.7 Å². The van der Waals surface area contributed by atoms with Gasteiger partial charge < -0.3 is 5.32 Å². The van der Waals surface area contributed by atoms with Crippen LogP contribution in [0.3, 0.4) is 0 Å². The Morgan fingerprint density at radius 3 is 2.81 bits per heavy atom. The number of aromatic nitrogens is 1. The lowest BCUT2D eigenvalue weighted by atomic mass is 10.2. The van der Waals surface area contributed by atoms with E-state index in [0.29, 0.717) is 6.54 Å². The Morgan fingerprint density at radius 1 is 1.33 bits per heavy atom. The fourth-order valence-electron chi connectivity index (χ4n) is 1.60. The number of hydrazone groups is 1. The molecule has 2 amide bonds. The molecule has 0 radical (unpaired) electrons. The molecule has 1 aromatic rings. The molecule has 0 atom stereocenters. The molecule has 0 unspecified atom stereocenters. The third kappa shape index (κ3) is 7.81. The van der Waals surface area contributed by atoms with Crippen molar-refractivity contribution in [1.29, 1.82) is 0 Å². The van der Waals surface area contributed by atoms with Crippen molar-refractivity contribution >= 4 is 17.5 Å². The maximum atomic E-state index is 11.6. The SMILES string of the molecule is CCCC/C(C)=N/NC(=O)CC(=O)NCc1cccnc1. The van der Waals surface area contributed by atoms with Crippen LogP contribution in [-0.2, 0) is 16.1 Å². The van der Waals surface area contributed by atoms with Crippen molar-refractivity contribution in [3.63, 3.8) is 0 Å². The summed E-state index contributed by atoms with van der Waals surface area (Å²) >= 11 is 0. The van der Waals surface area contributed by atoms with E-state index in [1.165, 1.54) is 0 Å². The first-order valence-electron chi connectivity index (χ1n) is 7.09. The van der Waals surface area contributed by atoms with Crippen molar-refractivity contribution in [2.45, 2.75) is 46.1 Å². The number of carbonyl (C=O) groups is 2. The number of hydrogen-bond donors (Lipinski definition) is 2. The monoisotopic (exact) mass is 290 g/mol.